The van der Waals surface area contributed by atoms with Crippen molar-refractivity contribution < 1.29 is 29.0 Å². The molecule has 1 aromatic rings. The molecule has 0 aliphatic carbocycles. The van der Waals surface area contributed by atoms with E-state index >= 15 is 0 Å². The van der Waals surface area contributed by atoms with Crippen LogP contribution < -0.4 is 4.90 Å². The number of hydrogen-bond acceptors (Lipinski definition) is 6. The summed E-state index contributed by atoms with van der Waals surface area (Å²) < 4.78 is 12.1. The van der Waals surface area contributed by atoms with Crippen LogP contribution in [-0.4, -0.2) is 71.3 Å². The van der Waals surface area contributed by atoms with E-state index in [2.05, 4.69) is 13.2 Å². The van der Waals surface area contributed by atoms with Gasteiger partial charge in [-0.2, -0.15) is 0 Å². The molecule has 218 valence electrons. The lowest BCUT2D eigenvalue weighted by molar-refractivity contribution is -0.156. The Morgan fingerprint density at radius 3 is 2.73 bits per heavy atom. The molecule has 40 heavy (non-hydrogen) atoms. The van der Waals surface area contributed by atoms with Gasteiger partial charge < -0.3 is 24.4 Å². The molecule has 8 nitrogen and oxygen atoms in total. The first-order valence-electron chi connectivity index (χ1n) is 14.2. The minimum absolute atomic E-state index is 0.101. The second-order valence-corrected chi connectivity index (χ2v) is 11.6. The molecule has 0 aromatic heterocycles. The van der Waals surface area contributed by atoms with Crippen LogP contribution in [0, 0.1) is 24.7 Å². The molecule has 7 atom stereocenters. The SMILES string of the molecule is C=CCCCOC(=O)[C@@H]1[C@@H]2CCC3(O2)C(C(=O)N(CC=C)c2c(C)cccc2Cl)N([C@@H](CO)[C@@H](C)CC)C(=O)[C@H]13. The molecule has 2 unspecified atom stereocenters. The number of aliphatic hydroxyl groups excluding tert-OH is 1. The third kappa shape index (κ3) is 4.99. The smallest absolute Gasteiger partial charge is 0.312 e. The molecule has 1 aromatic carbocycles. The molecule has 1 N–H and O–H groups in total. The number of unbranched alkanes of at least 4 members (excludes halogenated alkanes) is 1. The number of aliphatic hydroxyl groups is 1. The van der Waals surface area contributed by atoms with E-state index in [1.807, 2.05) is 32.9 Å². The fourth-order valence-electron chi connectivity index (χ4n) is 6.84. The van der Waals surface area contributed by atoms with Crippen molar-refractivity contribution in [1.29, 1.82) is 0 Å². The Kier molecular flexibility index (Phi) is 9.43. The van der Waals surface area contributed by atoms with E-state index in [-0.39, 0.29) is 37.5 Å². The fourth-order valence-corrected chi connectivity index (χ4v) is 7.16. The number of ether oxygens (including phenoxy) is 2. The Labute approximate surface area is 241 Å². The average Bonchev–Trinajstić information content (AvgIpc) is 3.58. The fraction of sp³-hybridized carbons (Fsp3) is 0.581. The number of nitrogens with zero attached hydrogens (tertiary/aromatic N) is 2. The minimum Gasteiger partial charge on any atom is -0.465 e. The van der Waals surface area contributed by atoms with E-state index in [9.17, 15) is 19.5 Å². The number of halogens is 1. The predicted molar refractivity (Wildman–Crippen MR) is 154 cm³/mol. The average molecular weight is 573 g/mol. The number of allylic oxidation sites excluding steroid dienone is 1. The van der Waals surface area contributed by atoms with Gasteiger partial charge in [0.2, 0.25) is 5.91 Å². The Hall–Kier alpha value is -2.68. The highest BCUT2D eigenvalue weighted by atomic mass is 35.5. The third-order valence-electron chi connectivity index (χ3n) is 8.92. The lowest BCUT2D eigenvalue weighted by Crippen LogP contribution is -2.60. The van der Waals surface area contributed by atoms with Gasteiger partial charge in [-0.25, -0.2) is 0 Å². The van der Waals surface area contributed by atoms with Gasteiger partial charge in [-0.15, -0.1) is 13.2 Å². The molecule has 2 amide bonds. The molecule has 9 heteroatoms. The number of carbonyl (C=O) groups excluding carboxylic acids is 3. The number of aryl methyl sites for hydroxylation is 1. The zero-order chi connectivity index (χ0) is 29.2. The molecule has 3 fully saturated rings. The van der Waals surface area contributed by atoms with Crippen molar-refractivity contribution >= 4 is 35.1 Å². The summed E-state index contributed by atoms with van der Waals surface area (Å²) in [6.45, 7) is 13.4. The monoisotopic (exact) mass is 572 g/mol. The summed E-state index contributed by atoms with van der Waals surface area (Å²) in [6.07, 6.45) is 5.89. The Morgan fingerprint density at radius 2 is 2.10 bits per heavy atom. The van der Waals surface area contributed by atoms with Crippen molar-refractivity contribution in [2.24, 2.45) is 17.8 Å². The molecule has 0 radical (unpaired) electrons. The Bertz CT molecular complexity index is 1140. The summed E-state index contributed by atoms with van der Waals surface area (Å²) in [6, 6.07) is 3.73. The largest absolute Gasteiger partial charge is 0.465 e. The number of anilines is 1. The first-order valence-corrected chi connectivity index (χ1v) is 14.6. The lowest BCUT2D eigenvalue weighted by Gasteiger charge is -2.41. The highest BCUT2D eigenvalue weighted by Gasteiger charge is 2.75. The van der Waals surface area contributed by atoms with Crippen LogP contribution in [0.15, 0.2) is 43.5 Å². The normalized spacial score (nSPS) is 28.2. The molecule has 4 rings (SSSR count). The highest BCUT2D eigenvalue weighted by Crippen LogP contribution is 2.59. The number of benzene rings is 1. The maximum atomic E-state index is 14.7. The molecule has 3 aliphatic heterocycles. The van der Waals surface area contributed by atoms with Crippen LogP contribution in [0.3, 0.4) is 0 Å². The van der Waals surface area contributed by atoms with Gasteiger partial charge >= 0.3 is 5.97 Å². The molecule has 1 spiro atoms. The number of para-hydroxylation sites is 1. The summed E-state index contributed by atoms with van der Waals surface area (Å²) in [5.41, 5.74) is 0.126. The number of hydrogen-bond donors (Lipinski definition) is 1. The van der Waals surface area contributed by atoms with E-state index in [4.69, 9.17) is 21.1 Å². The van der Waals surface area contributed by atoms with Gasteiger partial charge in [-0.3, -0.25) is 14.4 Å². The number of carbonyl (C=O) groups is 3. The Balaban J connectivity index is 1.80. The van der Waals surface area contributed by atoms with E-state index in [1.165, 1.54) is 4.90 Å². The summed E-state index contributed by atoms with van der Waals surface area (Å²) in [5.74, 6) is -2.97. The summed E-state index contributed by atoms with van der Waals surface area (Å²) in [4.78, 5) is 45.5. The summed E-state index contributed by atoms with van der Waals surface area (Å²) in [7, 11) is 0. The number of fused-ring (bicyclic) bond motifs is 1. The first-order chi connectivity index (χ1) is 19.2. The van der Waals surface area contributed by atoms with Gasteiger partial charge in [-0.05, 0) is 50.2 Å². The van der Waals surface area contributed by atoms with E-state index in [1.54, 1.807) is 23.1 Å². The quantitative estimate of drug-likeness (QED) is 0.213. The predicted octanol–water partition coefficient (Wildman–Crippen LogP) is 4.46. The van der Waals surface area contributed by atoms with Gasteiger partial charge in [0.15, 0.2) is 0 Å². The van der Waals surface area contributed by atoms with Gasteiger partial charge in [0, 0.05) is 6.54 Å². The van der Waals surface area contributed by atoms with E-state index < -0.39 is 41.6 Å². The van der Waals surface area contributed by atoms with Crippen LogP contribution in [0.25, 0.3) is 0 Å². The van der Waals surface area contributed by atoms with Crippen molar-refractivity contribution in [3.05, 3.63) is 54.1 Å². The third-order valence-corrected chi connectivity index (χ3v) is 9.23. The van der Waals surface area contributed by atoms with Gasteiger partial charge in [-0.1, -0.05) is 56.2 Å². The molecule has 3 aliphatic rings. The molecule has 3 saturated heterocycles. The van der Waals surface area contributed by atoms with Crippen molar-refractivity contribution in [1.82, 2.24) is 4.90 Å². The number of amides is 2. The summed E-state index contributed by atoms with van der Waals surface area (Å²) in [5, 5.41) is 10.9. The van der Waals surface area contributed by atoms with Gasteiger partial charge in [0.05, 0.1) is 47.9 Å². The van der Waals surface area contributed by atoms with Crippen molar-refractivity contribution in [2.75, 3.05) is 24.7 Å². The topological polar surface area (TPSA) is 96.4 Å². The minimum atomic E-state index is -1.21. The second-order valence-electron chi connectivity index (χ2n) is 11.2. The van der Waals surface area contributed by atoms with Crippen LogP contribution in [0.2, 0.25) is 5.02 Å². The zero-order valence-corrected chi connectivity index (χ0v) is 24.4. The molecule has 2 bridgehead atoms. The maximum Gasteiger partial charge on any atom is 0.312 e. The zero-order valence-electron chi connectivity index (χ0n) is 23.7. The molecule has 3 heterocycles. The molecular formula is C31H41ClN2O6. The first kappa shape index (κ1) is 30.3. The van der Waals surface area contributed by atoms with E-state index in [0.29, 0.717) is 42.8 Å². The van der Waals surface area contributed by atoms with Gasteiger partial charge in [0.1, 0.15) is 11.6 Å². The van der Waals surface area contributed by atoms with Crippen LogP contribution in [0.4, 0.5) is 5.69 Å². The number of likely N-dealkylation sites (tertiary alicyclic amines) is 1. The Morgan fingerprint density at radius 1 is 1.35 bits per heavy atom. The van der Waals surface area contributed by atoms with E-state index in [0.717, 1.165) is 5.56 Å². The molecule has 0 saturated carbocycles. The lowest BCUT2D eigenvalue weighted by atomic mass is 9.70. The molecular weight excluding hydrogens is 532 g/mol. The maximum absolute atomic E-state index is 14.7. The van der Waals surface area contributed by atoms with Crippen LogP contribution in [-0.2, 0) is 23.9 Å². The summed E-state index contributed by atoms with van der Waals surface area (Å²) >= 11 is 6.61. The van der Waals surface area contributed by atoms with Crippen LogP contribution in [0.5, 0.6) is 0 Å². The van der Waals surface area contributed by atoms with Crippen LogP contribution in [0.1, 0.15) is 51.5 Å². The number of esters is 1. The standard InChI is InChI=1S/C31H41ClN2O6/c1-6-9-10-17-39-30(38)24-23-14-15-31(40-23)25(24)28(36)34(22(18-35)19(4)8-3)27(31)29(37)33(16-7-2)26-20(5)12-11-13-21(26)32/h6-7,11-13,19,22-25,27,35H,1-2,8-10,14-18H2,3-5H3/t19-,22-,23-,24+,25-,27?,31?/m0/s1. The second kappa shape index (κ2) is 12.5. The van der Waals surface area contributed by atoms with Crippen molar-refractivity contribution in [3.8, 4) is 0 Å². The highest BCUT2D eigenvalue weighted by molar-refractivity contribution is 6.34. The van der Waals surface area contributed by atoms with Crippen molar-refractivity contribution in [2.45, 2.75) is 76.7 Å². The number of rotatable bonds is 13. The van der Waals surface area contributed by atoms with Gasteiger partial charge in [0.25, 0.3) is 5.91 Å². The van der Waals surface area contributed by atoms with Crippen LogP contribution >= 0.6 is 11.6 Å². The van der Waals surface area contributed by atoms with Crippen molar-refractivity contribution in [3.63, 3.8) is 0 Å².